The first-order chi connectivity index (χ1) is 13.5. The van der Waals surface area contributed by atoms with Crippen molar-refractivity contribution in [3.05, 3.63) is 47.5 Å². The molecule has 3 rings (SSSR count). The van der Waals surface area contributed by atoms with Gasteiger partial charge < -0.3 is 24.1 Å². The Morgan fingerprint density at radius 1 is 0.929 bits per heavy atom. The Labute approximate surface area is 163 Å². The molecule has 0 spiro atoms. The van der Waals surface area contributed by atoms with Crippen LogP contribution in [-0.2, 0) is 4.79 Å². The third-order valence-electron chi connectivity index (χ3n) is 4.78. The van der Waals surface area contributed by atoms with Gasteiger partial charge in [-0.2, -0.15) is 0 Å². The van der Waals surface area contributed by atoms with Gasteiger partial charge in [-0.15, -0.1) is 0 Å². The molecule has 1 heterocycles. The number of amides is 1. The third-order valence-corrected chi connectivity index (χ3v) is 4.78. The van der Waals surface area contributed by atoms with Crippen LogP contribution in [0.3, 0.4) is 0 Å². The first-order valence-corrected chi connectivity index (χ1v) is 8.67. The van der Waals surface area contributed by atoms with Crippen molar-refractivity contribution in [1.29, 1.82) is 0 Å². The van der Waals surface area contributed by atoms with Crippen molar-refractivity contribution in [2.24, 2.45) is 0 Å². The molecule has 2 aromatic carbocycles. The molecule has 28 heavy (non-hydrogen) atoms. The first kappa shape index (κ1) is 19.4. The summed E-state index contributed by atoms with van der Waals surface area (Å²) in [6.07, 6.45) is 1.78. The zero-order valence-electron chi connectivity index (χ0n) is 16.5. The van der Waals surface area contributed by atoms with E-state index in [4.69, 9.17) is 18.9 Å². The normalized spacial score (nSPS) is 17.3. The van der Waals surface area contributed by atoms with Gasteiger partial charge in [-0.3, -0.25) is 9.69 Å². The number of carbonyl (C=O) groups excluding carboxylic acids is 1. The van der Waals surface area contributed by atoms with Gasteiger partial charge in [0, 0.05) is 17.7 Å². The number of hydrogen-bond donors (Lipinski definition) is 1. The number of phenolic OH excluding ortho intramolecular Hbond substituents is 1. The molecule has 0 saturated carbocycles. The Bertz CT molecular complexity index is 911. The molecule has 148 valence electrons. The second-order valence-corrected chi connectivity index (χ2v) is 6.14. The quantitative estimate of drug-likeness (QED) is 0.606. The summed E-state index contributed by atoms with van der Waals surface area (Å²) >= 11 is 0. The Hall–Kier alpha value is -3.35. The highest BCUT2D eigenvalue weighted by molar-refractivity contribution is 6.15. The van der Waals surface area contributed by atoms with Gasteiger partial charge in [0.05, 0.1) is 40.2 Å². The molecule has 0 aromatic heterocycles. The second kappa shape index (κ2) is 7.72. The molecule has 1 saturated heterocycles. The van der Waals surface area contributed by atoms with Gasteiger partial charge in [-0.05, 0) is 24.6 Å². The fraction of sp³-hybridized carbons (Fsp3) is 0.286. The van der Waals surface area contributed by atoms with E-state index in [0.717, 1.165) is 5.56 Å². The van der Waals surface area contributed by atoms with Gasteiger partial charge in [0.25, 0.3) is 5.91 Å². The van der Waals surface area contributed by atoms with Gasteiger partial charge in [0.15, 0.2) is 23.0 Å². The number of β-lactam (4-membered cyclic amide) rings is 1. The molecular formula is C21H23NO6. The van der Waals surface area contributed by atoms with E-state index in [9.17, 15) is 9.90 Å². The molecule has 1 atom stereocenters. The van der Waals surface area contributed by atoms with Crippen LogP contribution in [0.4, 0.5) is 5.69 Å². The number of rotatable bonds is 6. The number of nitrogens with zero attached hydrogens (tertiary/aromatic N) is 1. The molecular weight excluding hydrogens is 362 g/mol. The van der Waals surface area contributed by atoms with Gasteiger partial charge in [-0.1, -0.05) is 12.1 Å². The van der Waals surface area contributed by atoms with E-state index in [2.05, 4.69) is 0 Å². The summed E-state index contributed by atoms with van der Waals surface area (Å²) in [5.74, 6) is 1.61. The van der Waals surface area contributed by atoms with Crippen molar-refractivity contribution < 1.29 is 28.8 Å². The van der Waals surface area contributed by atoms with Gasteiger partial charge in [0.1, 0.15) is 0 Å². The minimum Gasteiger partial charge on any atom is -0.504 e. The minimum atomic E-state index is -0.350. The van der Waals surface area contributed by atoms with E-state index < -0.39 is 0 Å². The van der Waals surface area contributed by atoms with Crippen molar-refractivity contribution in [2.75, 3.05) is 33.3 Å². The Balaban J connectivity index is 2.10. The van der Waals surface area contributed by atoms with Crippen LogP contribution in [-0.4, -0.2) is 39.5 Å². The maximum atomic E-state index is 12.8. The molecule has 0 radical (unpaired) electrons. The minimum absolute atomic E-state index is 0.0136. The van der Waals surface area contributed by atoms with E-state index in [0.29, 0.717) is 34.3 Å². The van der Waals surface area contributed by atoms with Crippen LogP contribution in [0.1, 0.15) is 18.5 Å². The predicted molar refractivity (Wildman–Crippen MR) is 105 cm³/mol. The van der Waals surface area contributed by atoms with Crippen molar-refractivity contribution in [3.63, 3.8) is 0 Å². The number of ether oxygens (including phenoxy) is 4. The molecule has 1 fully saturated rings. The average molecular weight is 385 g/mol. The van der Waals surface area contributed by atoms with Crippen LogP contribution < -0.4 is 23.8 Å². The molecule has 1 amide bonds. The number of anilines is 1. The predicted octanol–water partition coefficient (Wildman–Crippen LogP) is 3.46. The lowest BCUT2D eigenvalue weighted by Gasteiger charge is -2.43. The Morgan fingerprint density at radius 2 is 1.54 bits per heavy atom. The van der Waals surface area contributed by atoms with Crippen LogP contribution in [0.5, 0.6) is 28.7 Å². The van der Waals surface area contributed by atoms with Crippen LogP contribution in [0, 0.1) is 0 Å². The Kier molecular flexibility index (Phi) is 5.35. The largest absolute Gasteiger partial charge is 0.504 e. The van der Waals surface area contributed by atoms with E-state index in [1.807, 2.05) is 13.0 Å². The maximum Gasteiger partial charge on any atom is 0.257 e. The smallest absolute Gasteiger partial charge is 0.257 e. The second-order valence-electron chi connectivity index (χ2n) is 6.14. The van der Waals surface area contributed by atoms with Crippen LogP contribution >= 0.6 is 0 Å². The molecule has 2 aromatic rings. The highest BCUT2D eigenvalue weighted by Crippen LogP contribution is 2.48. The van der Waals surface area contributed by atoms with E-state index in [1.165, 1.54) is 28.4 Å². The van der Waals surface area contributed by atoms with E-state index >= 15 is 0 Å². The first-order valence-electron chi connectivity index (χ1n) is 8.67. The lowest BCUT2D eigenvalue weighted by atomic mass is 9.87. The lowest BCUT2D eigenvalue weighted by Crippen LogP contribution is -2.49. The summed E-state index contributed by atoms with van der Waals surface area (Å²) in [7, 11) is 6.06. The zero-order chi connectivity index (χ0) is 20.4. The fourth-order valence-corrected chi connectivity index (χ4v) is 3.41. The summed E-state index contributed by atoms with van der Waals surface area (Å²) in [6, 6.07) is 8.20. The number of benzene rings is 2. The van der Waals surface area contributed by atoms with Crippen LogP contribution in [0.15, 0.2) is 42.0 Å². The monoisotopic (exact) mass is 385 g/mol. The standard InChI is InChI=1S/C21H23NO6/c1-6-14-19(12-7-8-16(25-2)15(23)9-12)22(21(14)24)13-10-17(26-3)20(28-5)18(11-13)27-4/h6-11,19,23H,1-5H3/b14-6-/t19-/m0/s1. The third kappa shape index (κ3) is 2.98. The summed E-state index contributed by atoms with van der Waals surface area (Å²) < 4.78 is 21.3. The fourth-order valence-electron chi connectivity index (χ4n) is 3.41. The Morgan fingerprint density at radius 3 is 2.00 bits per heavy atom. The summed E-state index contributed by atoms with van der Waals surface area (Å²) in [4.78, 5) is 14.4. The van der Waals surface area contributed by atoms with Crippen LogP contribution in [0.25, 0.3) is 0 Å². The van der Waals surface area contributed by atoms with Crippen molar-refractivity contribution in [1.82, 2.24) is 0 Å². The van der Waals surface area contributed by atoms with Crippen molar-refractivity contribution in [3.8, 4) is 28.7 Å². The topological polar surface area (TPSA) is 77.5 Å². The number of allylic oxidation sites excluding steroid dienone is 1. The lowest BCUT2D eigenvalue weighted by molar-refractivity contribution is -0.119. The van der Waals surface area contributed by atoms with Gasteiger partial charge in [-0.25, -0.2) is 0 Å². The molecule has 1 aliphatic heterocycles. The molecule has 7 heteroatoms. The van der Waals surface area contributed by atoms with E-state index in [1.54, 1.807) is 35.2 Å². The van der Waals surface area contributed by atoms with Crippen LogP contribution in [0.2, 0.25) is 0 Å². The number of hydrogen-bond acceptors (Lipinski definition) is 6. The number of aromatic hydroxyl groups is 1. The molecule has 1 aliphatic rings. The molecule has 0 unspecified atom stereocenters. The summed E-state index contributed by atoms with van der Waals surface area (Å²) in [6.45, 7) is 1.82. The average Bonchev–Trinajstić information content (AvgIpc) is 2.71. The summed E-state index contributed by atoms with van der Waals surface area (Å²) in [5.41, 5.74) is 2.00. The molecule has 1 N–H and O–H groups in total. The van der Waals surface area contributed by atoms with Gasteiger partial charge in [0.2, 0.25) is 5.75 Å². The zero-order valence-corrected chi connectivity index (χ0v) is 16.5. The number of methoxy groups -OCH3 is 4. The van der Waals surface area contributed by atoms with Gasteiger partial charge >= 0.3 is 0 Å². The highest BCUT2D eigenvalue weighted by atomic mass is 16.5. The van der Waals surface area contributed by atoms with Crippen molar-refractivity contribution in [2.45, 2.75) is 13.0 Å². The molecule has 7 nitrogen and oxygen atoms in total. The van der Waals surface area contributed by atoms with E-state index in [-0.39, 0.29) is 17.7 Å². The molecule has 0 bridgehead atoms. The maximum absolute atomic E-state index is 12.8. The number of carbonyl (C=O) groups is 1. The molecule has 0 aliphatic carbocycles. The number of phenols is 1. The summed E-state index contributed by atoms with van der Waals surface area (Å²) in [5, 5.41) is 10.2. The van der Waals surface area contributed by atoms with Crippen molar-refractivity contribution >= 4 is 11.6 Å². The SMILES string of the molecule is C/C=C1\C(=O)N(c2cc(OC)c(OC)c(OC)c2)[C@H]1c1ccc(OC)c(O)c1. The highest BCUT2D eigenvalue weighted by Gasteiger charge is 2.44.